The van der Waals surface area contributed by atoms with Crippen molar-refractivity contribution in [3.63, 3.8) is 0 Å². The standard InChI is InChI=1S/C23H16INO4/c24-23-13-12-22(28-23)20-14-19(29-25-20)15-27-18-9-7-17(8-10-18)21(26)11-6-16-4-2-1-3-5-16/h1-14H,15H2. The second kappa shape index (κ2) is 8.91. The number of furan rings is 1. The summed E-state index contributed by atoms with van der Waals surface area (Å²) in [6.07, 6.45) is 3.37. The molecule has 0 amide bonds. The van der Waals surface area contributed by atoms with Gasteiger partial charge in [-0.2, -0.15) is 0 Å². The quantitative estimate of drug-likeness (QED) is 0.178. The first-order valence-electron chi connectivity index (χ1n) is 8.89. The number of benzene rings is 2. The van der Waals surface area contributed by atoms with Crippen LogP contribution in [0.25, 0.3) is 17.5 Å². The van der Waals surface area contributed by atoms with Crippen LogP contribution in [0.4, 0.5) is 0 Å². The van der Waals surface area contributed by atoms with Crippen molar-refractivity contribution in [2.24, 2.45) is 0 Å². The lowest BCUT2D eigenvalue weighted by atomic mass is 10.1. The maximum atomic E-state index is 12.3. The third kappa shape index (κ3) is 5.03. The van der Waals surface area contributed by atoms with Gasteiger partial charge < -0.3 is 13.7 Å². The summed E-state index contributed by atoms with van der Waals surface area (Å²) in [4.78, 5) is 12.3. The smallest absolute Gasteiger partial charge is 0.185 e. The van der Waals surface area contributed by atoms with E-state index in [2.05, 4.69) is 27.7 Å². The zero-order valence-electron chi connectivity index (χ0n) is 15.2. The Hall–Kier alpha value is -3.13. The van der Waals surface area contributed by atoms with Crippen molar-refractivity contribution in [3.05, 3.63) is 99.5 Å². The van der Waals surface area contributed by atoms with Crippen LogP contribution in [0, 0.1) is 3.77 Å². The van der Waals surface area contributed by atoms with Gasteiger partial charge in [0, 0.05) is 11.6 Å². The molecule has 0 bridgehead atoms. The summed E-state index contributed by atoms with van der Waals surface area (Å²) in [5.41, 5.74) is 2.20. The Balaban J connectivity index is 1.34. The molecule has 0 fully saturated rings. The van der Waals surface area contributed by atoms with E-state index in [1.54, 1.807) is 42.5 Å². The highest BCUT2D eigenvalue weighted by Gasteiger charge is 2.11. The van der Waals surface area contributed by atoms with Gasteiger partial charge in [-0.1, -0.05) is 41.6 Å². The van der Waals surface area contributed by atoms with E-state index in [0.29, 0.717) is 28.5 Å². The Morgan fingerprint density at radius 3 is 2.55 bits per heavy atom. The number of ketones is 1. The minimum absolute atomic E-state index is 0.0617. The molecule has 2 aromatic carbocycles. The van der Waals surface area contributed by atoms with Gasteiger partial charge in [-0.25, -0.2) is 0 Å². The maximum absolute atomic E-state index is 12.3. The molecule has 4 rings (SSSR count). The summed E-state index contributed by atoms with van der Waals surface area (Å²) in [6, 6.07) is 22.2. The van der Waals surface area contributed by atoms with Crippen molar-refractivity contribution in [1.82, 2.24) is 5.16 Å². The molecule has 0 spiro atoms. The van der Waals surface area contributed by atoms with Crippen LogP contribution < -0.4 is 4.74 Å². The van der Waals surface area contributed by atoms with Gasteiger partial charge in [0.25, 0.3) is 0 Å². The molecule has 0 radical (unpaired) electrons. The van der Waals surface area contributed by atoms with Gasteiger partial charge in [0.15, 0.2) is 21.1 Å². The zero-order chi connectivity index (χ0) is 20.1. The van der Waals surface area contributed by atoms with Gasteiger partial charge >= 0.3 is 0 Å². The molecule has 0 saturated heterocycles. The number of allylic oxidation sites excluding steroid dienone is 1. The monoisotopic (exact) mass is 497 g/mol. The second-order valence-corrected chi connectivity index (χ2v) is 7.27. The minimum atomic E-state index is -0.0617. The fourth-order valence-electron chi connectivity index (χ4n) is 2.65. The van der Waals surface area contributed by atoms with E-state index < -0.39 is 0 Å². The van der Waals surface area contributed by atoms with E-state index in [-0.39, 0.29) is 12.4 Å². The predicted molar refractivity (Wildman–Crippen MR) is 118 cm³/mol. The molecule has 144 valence electrons. The number of hydrogen-bond donors (Lipinski definition) is 0. The lowest BCUT2D eigenvalue weighted by molar-refractivity contribution is 0.104. The lowest BCUT2D eigenvalue weighted by Gasteiger charge is -2.04. The molecule has 0 aliphatic rings. The molecule has 4 aromatic rings. The normalized spacial score (nSPS) is 11.1. The fourth-order valence-corrected chi connectivity index (χ4v) is 3.07. The number of aromatic nitrogens is 1. The molecule has 0 saturated carbocycles. The van der Waals surface area contributed by atoms with Crippen molar-refractivity contribution in [1.29, 1.82) is 0 Å². The SMILES string of the molecule is O=C(C=Cc1ccccc1)c1ccc(OCc2cc(-c3ccc(I)o3)no2)cc1. The lowest BCUT2D eigenvalue weighted by Crippen LogP contribution is -1.96. The number of rotatable bonds is 7. The third-order valence-corrected chi connectivity index (χ3v) is 4.71. The van der Waals surface area contributed by atoms with Crippen LogP contribution in [0.2, 0.25) is 0 Å². The molecule has 2 heterocycles. The average molecular weight is 497 g/mol. The van der Waals surface area contributed by atoms with E-state index in [1.165, 1.54) is 0 Å². The summed E-state index contributed by atoms with van der Waals surface area (Å²) in [5.74, 6) is 1.81. The first-order valence-corrected chi connectivity index (χ1v) is 9.97. The molecule has 0 unspecified atom stereocenters. The number of hydrogen-bond acceptors (Lipinski definition) is 5. The Morgan fingerprint density at radius 2 is 1.83 bits per heavy atom. The fraction of sp³-hybridized carbons (Fsp3) is 0.0435. The predicted octanol–water partition coefficient (Wildman–Crippen LogP) is 6.01. The first-order chi connectivity index (χ1) is 14.2. The van der Waals surface area contributed by atoms with Crippen molar-refractivity contribution in [2.75, 3.05) is 0 Å². The average Bonchev–Trinajstić information content (AvgIpc) is 3.40. The van der Waals surface area contributed by atoms with Crippen molar-refractivity contribution in [2.45, 2.75) is 6.61 Å². The van der Waals surface area contributed by atoms with Crippen LogP contribution in [0.3, 0.4) is 0 Å². The third-order valence-electron chi connectivity index (χ3n) is 4.13. The topological polar surface area (TPSA) is 65.5 Å². The number of halogens is 1. The Morgan fingerprint density at radius 1 is 1.03 bits per heavy atom. The van der Waals surface area contributed by atoms with Crippen LogP contribution in [0.1, 0.15) is 21.7 Å². The number of ether oxygens (including phenoxy) is 1. The molecular formula is C23H16INO4. The van der Waals surface area contributed by atoms with Crippen molar-refractivity contribution >= 4 is 34.5 Å². The summed E-state index contributed by atoms with van der Waals surface area (Å²) in [5, 5.41) is 3.99. The van der Waals surface area contributed by atoms with Crippen LogP contribution in [0.15, 0.2) is 87.8 Å². The summed E-state index contributed by atoms with van der Waals surface area (Å²) in [6.45, 7) is 0.228. The molecule has 6 heteroatoms. The van der Waals surface area contributed by atoms with Crippen LogP contribution in [-0.2, 0) is 6.61 Å². The van der Waals surface area contributed by atoms with Crippen LogP contribution in [0.5, 0.6) is 5.75 Å². The molecule has 5 nitrogen and oxygen atoms in total. The second-order valence-electron chi connectivity index (χ2n) is 6.20. The van der Waals surface area contributed by atoms with Gasteiger partial charge in [-0.3, -0.25) is 4.79 Å². The van der Waals surface area contributed by atoms with Crippen LogP contribution >= 0.6 is 22.6 Å². The molecule has 0 atom stereocenters. The zero-order valence-corrected chi connectivity index (χ0v) is 17.4. The van der Waals surface area contributed by atoms with E-state index in [0.717, 1.165) is 9.33 Å². The Bertz CT molecular complexity index is 1130. The maximum Gasteiger partial charge on any atom is 0.185 e. The number of carbonyl (C=O) groups excluding carboxylic acids is 1. The minimum Gasteiger partial charge on any atom is -0.486 e. The van der Waals surface area contributed by atoms with E-state index in [9.17, 15) is 4.79 Å². The highest BCUT2D eigenvalue weighted by Crippen LogP contribution is 2.23. The highest BCUT2D eigenvalue weighted by atomic mass is 127. The molecular weight excluding hydrogens is 481 g/mol. The Kier molecular flexibility index (Phi) is 5.90. The van der Waals surface area contributed by atoms with Gasteiger partial charge in [-0.15, -0.1) is 0 Å². The van der Waals surface area contributed by atoms with Crippen LogP contribution in [-0.4, -0.2) is 10.9 Å². The number of nitrogens with zero attached hydrogens (tertiary/aromatic N) is 1. The molecule has 29 heavy (non-hydrogen) atoms. The van der Waals surface area contributed by atoms with Gasteiger partial charge in [0.1, 0.15) is 18.1 Å². The summed E-state index contributed by atoms with van der Waals surface area (Å²) in [7, 11) is 0. The largest absolute Gasteiger partial charge is 0.486 e. The van der Waals surface area contributed by atoms with Gasteiger partial charge in [-0.05, 0) is 70.6 Å². The van der Waals surface area contributed by atoms with E-state index >= 15 is 0 Å². The van der Waals surface area contributed by atoms with E-state index in [1.807, 2.05) is 42.5 Å². The Labute approximate surface area is 181 Å². The first kappa shape index (κ1) is 19.2. The highest BCUT2D eigenvalue weighted by molar-refractivity contribution is 14.1. The van der Waals surface area contributed by atoms with E-state index in [4.69, 9.17) is 13.7 Å². The number of carbonyl (C=O) groups is 1. The molecule has 0 aliphatic carbocycles. The van der Waals surface area contributed by atoms with Gasteiger partial charge in [0.05, 0.1) is 0 Å². The molecule has 0 N–H and O–H groups in total. The van der Waals surface area contributed by atoms with Gasteiger partial charge in [0.2, 0.25) is 0 Å². The molecule has 2 aromatic heterocycles. The van der Waals surface area contributed by atoms with Crippen molar-refractivity contribution in [3.8, 4) is 17.2 Å². The molecule has 0 aliphatic heterocycles. The summed E-state index contributed by atoms with van der Waals surface area (Å²) < 4.78 is 17.3. The summed E-state index contributed by atoms with van der Waals surface area (Å²) >= 11 is 2.10. The van der Waals surface area contributed by atoms with Crippen molar-refractivity contribution < 1.29 is 18.5 Å².